The molecule has 0 aliphatic heterocycles. The SMILES string of the molecule is O=c1nc(-n2cncn2)ccn1Cc1c(-c2ccc(Cl)cc2)nc2ccccn12. The Bertz CT molecular complexity index is 1350. The Balaban J connectivity index is 1.61. The molecule has 0 aliphatic rings. The van der Waals surface area contributed by atoms with Gasteiger partial charge in [-0.25, -0.2) is 19.4 Å². The number of pyridine rings is 1. The number of rotatable bonds is 4. The van der Waals surface area contributed by atoms with E-state index in [2.05, 4.69) is 15.1 Å². The summed E-state index contributed by atoms with van der Waals surface area (Å²) in [7, 11) is 0. The first-order valence-electron chi connectivity index (χ1n) is 8.83. The maximum absolute atomic E-state index is 12.6. The van der Waals surface area contributed by atoms with Gasteiger partial charge in [-0.2, -0.15) is 10.1 Å². The third-order valence-electron chi connectivity index (χ3n) is 4.58. The van der Waals surface area contributed by atoms with Crippen LogP contribution in [0, 0.1) is 0 Å². The van der Waals surface area contributed by atoms with Crippen LogP contribution in [-0.4, -0.2) is 33.7 Å². The predicted octanol–water partition coefficient (Wildman–Crippen LogP) is 2.84. The molecule has 1 aromatic carbocycles. The first-order chi connectivity index (χ1) is 14.2. The molecule has 0 amide bonds. The summed E-state index contributed by atoms with van der Waals surface area (Å²) >= 11 is 6.03. The molecule has 5 aromatic rings. The molecule has 0 bridgehead atoms. The number of hydrogen-bond acceptors (Lipinski definition) is 5. The molecular formula is C20H14ClN7O. The second-order valence-electron chi connectivity index (χ2n) is 6.38. The normalized spacial score (nSPS) is 11.2. The second kappa shape index (κ2) is 6.99. The van der Waals surface area contributed by atoms with Crippen LogP contribution in [-0.2, 0) is 6.54 Å². The van der Waals surface area contributed by atoms with Crippen LogP contribution in [0.2, 0.25) is 5.02 Å². The summed E-state index contributed by atoms with van der Waals surface area (Å²) in [5.41, 5.74) is 3.01. The summed E-state index contributed by atoms with van der Waals surface area (Å²) in [5.74, 6) is 0.416. The highest BCUT2D eigenvalue weighted by atomic mass is 35.5. The highest BCUT2D eigenvalue weighted by Crippen LogP contribution is 2.26. The summed E-state index contributed by atoms with van der Waals surface area (Å²) in [6.07, 6.45) is 6.51. The number of benzene rings is 1. The molecular weight excluding hydrogens is 390 g/mol. The minimum atomic E-state index is -0.383. The highest BCUT2D eigenvalue weighted by molar-refractivity contribution is 6.30. The standard InChI is InChI=1S/C20H14ClN7O/c21-15-6-4-14(5-7-15)19-16(27-9-2-1-3-17(27)24-19)11-26-10-8-18(25-20(26)29)28-13-22-12-23-28/h1-10,12-13H,11H2. The molecule has 4 heterocycles. The molecule has 0 N–H and O–H groups in total. The van der Waals surface area contributed by atoms with Crippen molar-refractivity contribution in [3.05, 3.63) is 94.8 Å². The van der Waals surface area contributed by atoms with Crippen molar-refractivity contribution >= 4 is 17.2 Å². The molecule has 0 saturated carbocycles. The van der Waals surface area contributed by atoms with Gasteiger partial charge in [0.25, 0.3) is 0 Å². The Labute approximate surface area is 169 Å². The van der Waals surface area contributed by atoms with Gasteiger partial charge < -0.3 is 4.40 Å². The number of aromatic nitrogens is 7. The smallest absolute Gasteiger partial charge is 0.302 e. The zero-order valence-corrected chi connectivity index (χ0v) is 15.8. The summed E-state index contributed by atoms with van der Waals surface area (Å²) in [4.78, 5) is 25.4. The topological polar surface area (TPSA) is 82.9 Å². The van der Waals surface area contributed by atoms with Gasteiger partial charge in [-0.15, -0.1) is 0 Å². The summed E-state index contributed by atoms with van der Waals surface area (Å²) < 4.78 is 4.96. The molecule has 142 valence electrons. The number of nitrogens with zero attached hydrogens (tertiary/aromatic N) is 7. The van der Waals surface area contributed by atoms with Crippen LogP contribution in [0.15, 0.2) is 78.4 Å². The van der Waals surface area contributed by atoms with Crippen LogP contribution >= 0.6 is 11.6 Å². The van der Waals surface area contributed by atoms with Gasteiger partial charge in [-0.3, -0.25) is 4.57 Å². The third-order valence-corrected chi connectivity index (χ3v) is 4.83. The zero-order valence-electron chi connectivity index (χ0n) is 15.1. The Morgan fingerprint density at radius 3 is 2.59 bits per heavy atom. The molecule has 5 rings (SSSR count). The van der Waals surface area contributed by atoms with E-state index in [-0.39, 0.29) is 5.69 Å². The van der Waals surface area contributed by atoms with Crippen LogP contribution in [0.3, 0.4) is 0 Å². The van der Waals surface area contributed by atoms with E-state index in [9.17, 15) is 4.79 Å². The number of imidazole rings is 1. The molecule has 4 aromatic heterocycles. The van der Waals surface area contributed by atoms with E-state index >= 15 is 0 Å². The average molecular weight is 404 g/mol. The van der Waals surface area contributed by atoms with Crippen LogP contribution < -0.4 is 5.69 Å². The lowest BCUT2D eigenvalue weighted by atomic mass is 10.1. The van der Waals surface area contributed by atoms with Gasteiger partial charge in [-0.05, 0) is 30.3 Å². The predicted molar refractivity (Wildman–Crippen MR) is 108 cm³/mol. The quantitative estimate of drug-likeness (QED) is 0.460. The minimum Gasteiger partial charge on any atom is -0.302 e. The summed E-state index contributed by atoms with van der Waals surface area (Å²) in [5, 5.41) is 4.66. The van der Waals surface area contributed by atoms with Gasteiger partial charge in [0, 0.05) is 23.0 Å². The van der Waals surface area contributed by atoms with Gasteiger partial charge in [0.05, 0.1) is 17.9 Å². The first-order valence-corrected chi connectivity index (χ1v) is 9.21. The molecule has 0 spiro atoms. The van der Waals surface area contributed by atoms with Crippen molar-refractivity contribution in [2.75, 3.05) is 0 Å². The zero-order chi connectivity index (χ0) is 19.8. The molecule has 0 atom stereocenters. The molecule has 0 radical (unpaired) electrons. The van der Waals surface area contributed by atoms with E-state index in [1.54, 1.807) is 12.3 Å². The van der Waals surface area contributed by atoms with Crippen molar-refractivity contribution < 1.29 is 0 Å². The molecule has 0 aliphatic carbocycles. The van der Waals surface area contributed by atoms with Gasteiger partial charge >= 0.3 is 5.69 Å². The number of fused-ring (bicyclic) bond motifs is 1. The maximum Gasteiger partial charge on any atom is 0.349 e. The lowest BCUT2D eigenvalue weighted by Gasteiger charge is -2.09. The van der Waals surface area contributed by atoms with Crippen molar-refractivity contribution in [2.45, 2.75) is 6.54 Å². The van der Waals surface area contributed by atoms with Crippen molar-refractivity contribution in [1.29, 1.82) is 0 Å². The number of hydrogen-bond donors (Lipinski definition) is 0. The summed E-state index contributed by atoms with van der Waals surface area (Å²) in [6, 6.07) is 15.0. The lowest BCUT2D eigenvalue weighted by molar-refractivity contribution is 0.692. The van der Waals surface area contributed by atoms with E-state index in [1.165, 1.54) is 21.9 Å². The van der Waals surface area contributed by atoms with E-state index in [1.807, 2.05) is 53.1 Å². The molecule has 29 heavy (non-hydrogen) atoms. The van der Waals surface area contributed by atoms with Gasteiger partial charge in [0.15, 0.2) is 5.82 Å². The molecule has 0 unspecified atom stereocenters. The minimum absolute atomic E-state index is 0.312. The van der Waals surface area contributed by atoms with E-state index < -0.39 is 0 Å². The summed E-state index contributed by atoms with van der Waals surface area (Å²) in [6.45, 7) is 0.312. The van der Waals surface area contributed by atoms with E-state index in [0.717, 1.165) is 22.6 Å². The fourth-order valence-electron chi connectivity index (χ4n) is 3.19. The fraction of sp³-hybridized carbons (Fsp3) is 0.0500. The van der Waals surface area contributed by atoms with Gasteiger partial charge in [0.1, 0.15) is 18.3 Å². The van der Waals surface area contributed by atoms with Crippen LogP contribution in [0.4, 0.5) is 0 Å². The monoisotopic (exact) mass is 403 g/mol. The molecule has 8 nitrogen and oxygen atoms in total. The Kier molecular flexibility index (Phi) is 4.18. The van der Waals surface area contributed by atoms with Gasteiger partial charge in [0.2, 0.25) is 0 Å². The van der Waals surface area contributed by atoms with Crippen molar-refractivity contribution in [1.82, 2.24) is 33.7 Å². The van der Waals surface area contributed by atoms with Crippen LogP contribution in [0.25, 0.3) is 22.7 Å². The largest absolute Gasteiger partial charge is 0.349 e. The first kappa shape index (κ1) is 17.3. The van der Waals surface area contributed by atoms with Crippen molar-refractivity contribution in [3.8, 4) is 17.1 Å². The van der Waals surface area contributed by atoms with E-state index in [4.69, 9.17) is 16.6 Å². The molecule has 9 heteroatoms. The van der Waals surface area contributed by atoms with Crippen molar-refractivity contribution in [3.63, 3.8) is 0 Å². The van der Waals surface area contributed by atoms with Gasteiger partial charge in [-0.1, -0.05) is 29.8 Å². The highest BCUT2D eigenvalue weighted by Gasteiger charge is 2.15. The second-order valence-corrected chi connectivity index (χ2v) is 6.82. The Morgan fingerprint density at radius 1 is 0.966 bits per heavy atom. The average Bonchev–Trinajstić information content (AvgIpc) is 3.39. The Morgan fingerprint density at radius 2 is 1.83 bits per heavy atom. The fourth-order valence-corrected chi connectivity index (χ4v) is 3.32. The van der Waals surface area contributed by atoms with Crippen LogP contribution in [0.1, 0.15) is 5.69 Å². The maximum atomic E-state index is 12.6. The number of halogens is 1. The molecule has 0 saturated heterocycles. The van der Waals surface area contributed by atoms with E-state index in [0.29, 0.717) is 17.4 Å². The van der Waals surface area contributed by atoms with Crippen LogP contribution in [0.5, 0.6) is 0 Å². The van der Waals surface area contributed by atoms with Crippen molar-refractivity contribution in [2.24, 2.45) is 0 Å². The third kappa shape index (κ3) is 3.19. The Hall–Kier alpha value is -3.78. The lowest BCUT2D eigenvalue weighted by Crippen LogP contribution is -2.25. The molecule has 0 fully saturated rings.